The summed E-state index contributed by atoms with van der Waals surface area (Å²) >= 11 is 1.58. The summed E-state index contributed by atoms with van der Waals surface area (Å²) in [6.45, 7) is 4.60. The van der Waals surface area contributed by atoms with E-state index in [0.717, 1.165) is 24.8 Å². The van der Waals surface area contributed by atoms with Crippen LogP contribution < -0.4 is 5.32 Å². The van der Waals surface area contributed by atoms with Crippen molar-refractivity contribution in [3.8, 4) is 11.4 Å². The van der Waals surface area contributed by atoms with Gasteiger partial charge in [-0.3, -0.25) is 4.79 Å². The van der Waals surface area contributed by atoms with Gasteiger partial charge >= 0.3 is 0 Å². The van der Waals surface area contributed by atoms with Crippen LogP contribution in [0.2, 0.25) is 0 Å². The quantitative estimate of drug-likeness (QED) is 0.939. The molecule has 1 fully saturated rings. The predicted octanol–water partition coefficient (Wildman–Crippen LogP) is 2.10. The van der Waals surface area contributed by atoms with Gasteiger partial charge in [0.25, 0.3) is 0 Å². The van der Waals surface area contributed by atoms with Gasteiger partial charge < -0.3 is 5.32 Å². The SMILES string of the molecule is CC1(C)CCC(NC(=O)Cn2nnc(-c3ccsc3)n2)C1. The van der Waals surface area contributed by atoms with E-state index < -0.39 is 0 Å². The van der Waals surface area contributed by atoms with Crippen molar-refractivity contribution in [3.63, 3.8) is 0 Å². The van der Waals surface area contributed by atoms with E-state index in [-0.39, 0.29) is 18.5 Å². The number of rotatable bonds is 4. The highest BCUT2D eigenvalue weighted by atomic mass is 32.1. The van der Waals surface area contributed by atoms with E-state index in [1.54, 1.807) is 11.3 Å². The minimum absolute atomic E-state index is 0.0491. The molecule has 112 valence electrons. The summed E-state index contributed by atoms with van der Waals surface area (Å²) in [5.41, 5.74) is 1.26. The second-order valence-electron chi connectivity index (χ2n) is 6.33. The minimum atomic E-state index is -0.0491. The fourth-order valence-electron chi connectivity index (χ4n) is 2.78. The molecule has 0 radical (unpaired) electrons. The molecule has 1 amide bonds. The molecule has 1 unspecified atom stereocenters. The van der Waals surface area contributed by atoms with Crippen LogP contribution >= 0.6 is 11.3 Å². The number of nitrogens with zero attached hydrogens (tertiary/aromatic N) is 4. The van der Waals surface area contributed by atoms with Crippen LogP contribution in [0.1, 0.15) is 33.1 Å². The average molecular weight is 305 g/mol. The second-order valence-corrected chi connectivity index (χ2v) is 7.11. The standard InChI is InChI=1S/C14H19N5OS/c1-14(2)5-3-11(7-14)15-12(20)8-19-17-13(16-18-19)10-4-6-21-9-10/h4,6,9,11H,3,5,7-8H2,1-2H3,(H,15,20). The summed E-state index contributed by atoms with van der Waals surface area (Å²) in [6, 6.07) is 2.21. The van der Waals surface area contributed by atoms with Crippen LogP contribution in [0.3, 0.4) is 0 Å². The number of tetrazole rings is 1. The summed E-state index contributed by atoms with van der Waals surface area (Å²) in [5.74, 6) is 0.512. The van der Waals surface area contributed by atoms with E-state index in [1.807, 2.05) is 16.8 Å². The van der Waals surface area contributed by atoms with Crippen molar-refractivity contribution in [1.29, 1.82) is 0 Å². The Kier molecular flexibility index (Phi) is 3.75. The van der Waals surface area contributed by atoms with Gasteiger partial charge in [0, 0.05) is 17.0 Å². The Bertz CT molecular complexity index is 619. The van der Waals surface area contributed by atoms with Gasteiger partial charge in [-0.05, 0) is 41.3 Å². The average Bonchev–Trinajstić information content (AvgIpc) is 3.09. The summed E-state index contributed by atoms with van der Waals surface area (Å²) in [6.07, 6.45) is 3.23. The van der Waals surface area contributed by atoms with Gasteiger partial charge in [-0.2, -0.15) is 16.1 Å². The molecule has 2 aromatic rings. The Labute approximate surface area is 127 Å². The number of nitrogens with one attached hydrogen (secondary N) is 1. The minimum Gasteiger partial charge on any atom is -0.352 e. The Hall–Kier alpha value is -1.76. The summed E-state index contributed by atoms with van der Waals surface area (Å²) < 4.78 is 0. The van der Waals surface area contributed by atoms with Crippen molar-refractivity contribution in [2.24, 2.45) is 5.41 Å². The van der Waals surface area contributed by atoms with Crippen LogP contribution in [0.4, 0.5) is 0 Å². The number of carbonyl (C=O) groups excluding carboxylic acids is 1. The lowest BCUT2D eigenvalue weighted by Crippen LogP contribution is -2.36. The van der Waals surface area contributed by atoms with E-state index in [0.29, 0.717) is 11.2 Å². The van der Waals surface area contributed by atoms with E-state index in [1.165, 1.54) is 4.80 Å². The summed E-state index contributed by atoms with van der Waals surface area (Å²) in [7, 11) is 0. The zero-order valence-corrected chi connectivity index (χ0v) is 13.1. The van der Waals surface area contributed by atoms with Gasteiger partial charge in [0.1, 0.15) is 6.54 Å². The molecule has 1 aliphatic rings. The lowest BCUT2D eigenvalue weighted by atomic mass is 9.92. The van der Waals surface area contributed by atoms with Gasteiger partial charge in [0.05, 0.1) is 0 Å². The van der Waals surface area contributed by atoms with Crippen molar-refractivity contribution in [1.82, 2.24) is 25.5 Å². The Morgan fingerprint density at radius 3 is 3.10 bits per heavy atom. The molecular weight excluding hydrogens is 286 g/mol. The van der Waals surface area contributed by atoms with Crippen molar-refractivity contribution in [3.05, 3.63) is 16.8 Å². The number of thiophene rings is 1. The van der Waals surface area contributed by atoms with Crippen LogP contribution in [-0.2, 0) is 11.3 Å². The molecule has 1 N–H and O–H groups in total. The molecule has 6 nitrogen and oxygen atoms in total. The fraction of sp³-hybridized carbons (Fsp3) is 0.571. The lowest BCUT2D eigenvalue weighted by molar-refractivity contribution is -0.122. The molecule has 0 bridgehead atoms. The molecule has 7 heteroatoms. The Morgan fingerprint density at radius 1 is 1.57 bits per heavy atom. The number of hydrogen-bond acceptors (Lipinski definition) is 5. The molecule has 0 aliphatic heterocycles. The first-order chi connectivity index (χ1) is 10.0. The van der Waals surface area contributed by atoms with E-state index >= 15 is 0 Å². The highest BCUT2D eigenvalue weighted by Gasteiger charge is 2.31. The third-order valence-electron chi connectivity index (χ3n) is 3.85. The lowest BCUT2D eigenvalue weighted by Gasteiger charge is -2.17. The molecule has 0 spiro atoms. The van der Waals surface area contributed by atoms with Gasteiger partial charge in [-0.15, -0.1) is 10.2 Å². The zero-order chi connectivity index (χ0) is 14.9. The molecular formula is C14H19N5OS. The maximum Gasteiger partial charge on any atom is 0.243 e. The third-order valence-corrected chi connectivity index (χ3v) is 4.53. The Morgan fingerprint density at radius 2 is 2.43 bits per heavy atom. The molecule has 0 aromatic carbocycles. The summed E-state index contributed by atoms with van der Waals surface area (Å²) in [5, 5.41) is 19.1. The van der Waals surface area contributed by atoms with Crippen LogP contribution in [0.25, 0.3) is 11.4 Å². The molecule has 3 rings (SSSR count). The molecule has 2 aromatic heterocycles. The highest BCUT2D eigenvalue weighted by Crippen LogP contribution is 2.36. The number of aromatic nitrogens is 4. The summed E-state index contributed by atoms with van der Waals surface area (Å²) in [4.78, 5) is 13.4. The molecule has 0 saturated heterocycles. The molecule has 1 aliphatic carbocycles. The van der Waals surface area contributed by atoms with Crippen molar-refractivity contribution >= 4 is 17.2 Å². The van der Waals surface area contributed by atoms with Crippen LogP contribution in [0.5, 0.6) is 0 Å². The van der Waals surface area contributed by atoms with Crippen LogP contribution in [0.15, 0.2) is 16.8 Å². The van der Waals surface area contributed by atoms with Crippen LogP contribution in [-0.4, -0.2) is 32.2 Å². The second kappa shape index (κ2) is 5.55. The smallest absolute Gasteiger partial charge is 0.243 e. The van der Waals surface area contributed by atoms with E-state index in [4.69, 9.17) is 0 Å². The molecule has 2 heterocycles. The first kappa shape index (κ1) is 14.2. The van der Waals surface area contributed by atoms with Gasteiger partial charge in [0.2, 0.25) is 11.7 Å². The van der Waals surface area contributed by atoms with Crippen molar-refractivity contribution in [2.75, 3.05) is 0 Å². The molecule has 1 atom stereocenters. The first-order valence-electron chi connectivity index (χ1n) is 7.12. The van der Waals surface area contributed by atoms with Crippen LogP contribution in [0, 0.1) is 5.41 Å². The normalized spacial score (nSPS) is 20.6. The number of amides is 1. The van der Waals surface area contributed by atoms with Gasteiger partial charge in [-0.1, -0.05) is 13.8 Å². The predicted molar refractivity (Wildman–Crippen MR) is 80.7 cm³/mol. The molecule has 21 heavy (non-hydrogen) atoms. The van der Waals surface area contributed by atoms with E-state index in [9.17, 15) is 4.79 Å². The van der Waals surface area contributed by atoms with Crippen molar-refractivity contribution < 1.29 is 4.79 Å². The first-order valence-corrected chi connectivity index (χ1v) is 8.06. The molecule has 1 saturated carbocycles. The maximum atomic E-state index is 12.0. The van der Waals surface area contributed by atoms with Gasteiger partial charge in [-0.25, -0.2) is 0 Å². The Balaban J connectivity index is 1.56. The maximum absolute atomic E-state index is 12.0. The van der Waals surface area contributed by atoms with E-state index in [2.05, 4.69) is 34.6 Å². The van der Waals surface area contributed by atoms with Gasteiger partial charge in [0.15, 0.2) is 0 Å². The third kappa shape index (κ3) is 3.47. The largest absolute Gasteiger partial charge is 0.352 e. The monoisotopic (exact) mass is 305 g/mol. The topological polar surface area (TPSA) is 72.7 Å². The number of carbonyl (C=O) groups is 1. The zero-order valence-electron chi connectivity index (χ0n) is 12.2. The number of hydrogen-bond donors (Lipinski definition) is 1. The fourth-order valence-corrected chi connectivity index (χ4v) is 3.41. The highest BCUT2D eigenvalue weighted by molar-refractivity contribution is 7.08. The van der Waals surface area contributed by atoms with Crippen molar-refractivity contribution in [2.45, 2.75) is 45.7 Å².